The fourth-order valence-corrected chi connectivity index (χ4v) is 3.05. The summed E-state index contributed by atoms with van der Waals surface area (Å²) >= 11 is 12.2. The summed E-state index contributed by atoms with van der Waals surface area (Å²) in [5.41, 5.74) is 2.94. The van der Waals surface area contributed by atoms with Gasteiger partial charge in [0.2, 0.25) is 0 Å². The lowest BCUT2D eigenvalue weighted by molar-refractivity contribution is -0.139. The lowest BCUT2D eigenvalue weighted by atomic mass is 10.1. The van der Waals surface area contributed by atoms with Gasteiger partial charge in [-0.2, -0.15) is 5.10 Å². The van der Waals surface area contributed by atoms with Gasteiger partial charge in [0.1, 0.15) is 17.5 Å². The SMILES string of the molecule is Cc1nn(C)c(Cl)c1/C=C\C(=O)OCc1cc(Cl)cc2c1OCOC2. The van der Waals surface area contributed by atoms with E-state index in [0.717, 1.165) is 11.3 Å². The van der Waals surface area contributed by atoms with E-state index >= 15 is 0 Å². The molecule has 0 unspecified atom stereocenters. The quantitative estimate of drug-likeness (QED) is 0.596. The molecule has 0 N–H and O–H groups in total. The molecule has 0 saturated heterocycles. The molecule has 0 spiro atoms. The zero-order valence-corrected chi connectivity index (χ0v) is 15.2. The lowest BCUT2D eigenvalue weighted by Gasteiger charge is -2.20. The summed E-state index contributed by atoms with van der Waals surface area (Å²) in [6, 6.07) is 3.49. The number of benzene rings is 1. The summed E-state index contributed by atoms with van der Waals surface area (Å²) in [5.74, 6) is 0.152. The Balaban J connectivity index is 1.69. The summed E-state index contributed by atoms with van der Waals surface area (Å²) in [5, 5.41) is 5.17. The van der Waals surface area contributed by atoms with E-state index in [1.807, 2.05) is 6.92 Å². The highest BCUT2D eigenvalue weighted by atomic mass is 35.5. The smallest absolute Gasteiger partial charge is 0.331 e. The number of ether oxygens (including phenoxy) is 3. The molecule has 0 fully saturated rings. The molecule has 0 atom stereocenters. The highest BCUT2D eigenvalue weighted by Crippen LogP contribution is 2.32. The molecule has 6 nitrogen and oxygen atoms in total. The maximum Gasteiger partial charge on any atom is 0.331 e. The molecular formula is C17H16Cl2N2O4. The molecule has 2 aromatic rings. The van der Waals surface area contributed by atoms with E-state index in [1.54, 1.807) is 29.9 Å². The van der Waals surface area contributed by atoms with Gasteiger partial charge < -0.3 is 14.2 Å². The van der Waals surface area contributed by atoms with E-state index < -0.39 is 5.97 Å². The molecule has 1 aromatic heterocycles. The Bertz CT molecular complexity index is 846. The molecule has 25 heavy (non-hydrogen) atoms. The average Bonchev–Trinajstić information content (AvgIpc) is 2.83. The summed E-state index contributed by atoms with van der Waals surface area (Å²) in [4.78, 5) is 12.0. The first kappa shape index (κ1) is 17.8. The Morgan fingerprint density at radius 1 is 1.44 bits per heavy atom. The monoisotopic (exact) mass is 382 g/mol. The van der Waals surface area contributed by atoms with Crippen LogP contribution in [-0.2, 0) is 34.5 Å². The molecule has 0 saturated carbocycles. The number of halogens is 2. The van der Waals surface area contributed by atoms with Crippen molar-refractivity contribution in [1.29, 1.82) is 0 Å². The zero-order chi connectivity index (χ0) is 18.0. The number of hydrogen-bond acceptors (Lipinski definition) is 5. The molecule has 2 heterocycles. The number of fused-ring (bicyclic) bond motifs is 1. The van der Waals surface area contributed by atoms with E-state index in [9.17, 15) is 4.79 Å². The number of carbonyl (C=O) groups excluding carboxylic acids is 1. The van der Waals surface area contributed by atoms with Crippen LogP contribution in [0.3, 0.4) is 0 Å². The number of carbonyl (C=O) groups is 1. The number of nitrogens with zero attached hydrogens (tertiary/aromatic N) is 2. The molecule has 0 amide bonds. The van der Waals surface area contributed by atoms with Crippen LogP contribution in [0.1, 0.15) is 22.4 Å². The predicted octanol–water partition coefficient (Wildman–Crippen LogP) is 3.66. The van der Waals surface area contributed by atoms with Crippen LogP contribution in [0.5, 0.6) is 5.75 Å². The molecule has 0 bridgehead atoms. The molecule has 1 aliphatic heterocycles. The standard InChI is InChI=1S/C17H16Cl2N2O4/c1-10-14(17(19)21(2)20-10)3-4-15(22)24-8-12-6-13(18)5-11-7-23-9-25-16(11)12/h3-6H,7-9H2,1-2H3/b4-3-. The van der Waals surface area contributed by atoms with Gasteiger partial charge in [-0.3, -0.25) is 4.68 Å². The maximum absolute atomic E-state index is 12.0. The normalized spacial score (nSPS) is 13.6. The minimum atomic E-state index is -0.500. The van der Waals surface area contributed by atoms with Crippen molar-refractivity contribution < 1.29 is 19.0 Å². The molecule has 3 rings (SSSR count). The Labute approximate surface area is 154 Å². The van der Waals surface area contributed by atoms with Gasteiger partial charge in [0.05, 0.1) is 12.3 Å². The summed E-state index contributed by atoms with van der Waals surface area (Å²) in [7, 11) is 1.73. The number of esters is 1. The zero-order valence-electron chi connectivity index (χ0n) is 13.7. The van der Waals surface area contributed by atoms with E-state index in [0.29, 0.717) is 33.7 Å². The molecule has 8 heteroatoms. The predicted molar refractivity (Wildman–Crippen MR) is 93.5 cm³/mol. The van der Waals surface area contributed by atoms with Crippen molar-refractivity contribution in [1.82, 2.24) is 9.78 Å². The van der Waals surface area contributed by atoms with Crippen LogP contribution in [-0.4, -0.2) is 22.5 Å². The molecule has 0 radical (unpaired) electrons. The first-order chi connectivity index (χ1) is 12.0. The van der Waals surface area contributed by atoms with Crippen LogP contribution < -0.4 is 4.74 Å². The fraction of sp³-hybridized carbons (Fsp3) is 0.294. The van der Waals surface area contributed by atoms with Gasteiger partial charge in [0.25, 0.3) is 0 Å². The van der Waals surface area contributed by atoms with E-state index in [1.165, 1.54) is 6.08 Å². The van der Waals surface area contributed by atoms with Crippen LogP contribution >= 0.6 is 23.2 Å². The van der Waals surface area contributed by atoms with E-state index in [-0.39, 0.29) is 13.4 Å². The third-order valence-electron chi connectivity index (χ3n) is 3.70. The van der Waals surface area contributed by atoms with Crippen molar-refractivity contribution in [2.24, 2.45) is 7.05 Å². The Morgan fingerprint density at radius 3 is 2.96 bits per heavy atom. The van der Waals surface area contributed by atoms with Gasteiger partial charge >= 0.3 is 5.97 Å². The van der Waals surface area contributed by atoms with Crippen LogP contribution in [0.4, 0.5) is 0 Å². The second-order valence-corrected chi connectivity index (χ2v) is 6.31. The average molecular weight is 383 g/mol. The third-order valence-corrected chi connectivity index (χ3v) is 4.37. The largest absolute Gasteiger partial charge is 0.467 e. The highest BCUT2D eigenvalue weighted by Gasteiger charge is 2.17. The summed E-state index contributed by atoms with van der Waals surface area (Å²) in [6.45, 7) is 2.43. The minimum Gasteiger partial charge on any atom is -0.467 e. The van der Waals surface area contributed by atoms with Crippen molar-refractivity contribution in [2.45, 2.75) is 20.1 Å². The van der Waals surface area contributed by atoms with Crippen LogP contribution in [0, 0.1) is 6.92 Å². The van der Waals surface area contributed by atoms with Crippen molar-refractivity contribution >= 4 is 35.2 Å². The number of aromatic nitrogens is 2. The van der Waals surface area contributed by atoms with Gasteiger partial charge in [0.15, 0.2) is 6.79 Å². The van der Waals surface area contributed by atoms with Gasteiger partial charge in [-0.15, -0.1) is 0 Å². The van der Waals surface area contributed by atoms with Crippen molar-refractivity contribution in [3.05, 3.63) is 50.8 Å². The van der Waals surface area contributed by atoms with Gasteiger partial charge in [0, 0.05) is 34.8 Å². The van der Waals surface area contributed by atoms with Gasteiger partial charge in [-0.1, -0.05) is 23.2 Å². The fourth-order valence-electron chi connectivity index (χ4n) is 2.55. The van der Waals surface area contributed by atoms with Gasteiger partial charge in [-0.05, 0) is 25.1 Å². The summed E-state index contributed by atoms with van der Waals surface area (Å²) < 4.78 is 17.5. The highest BCUT2D eigenvalue weighted by molar-refractivity contribution is 6.31. The number of rotatable bonds is 4. The molecule has 1 aromatic carbocycles. The third kappa shape index (κ3) is 3.98. The molecule has 0 aliphatic carbocycles. The molecule has 132 valence electrons. The topological polar surface area (TPSA) is 62.6 Å². The Morgan fingerprint density at radius 2 is 2.24 bits per heavy atom. The molecule has 1 aliphatic rings. The van der Waals surface area contributed by atoms with E-state index in [4.69, 9.17) is 37.4 Å². The number of aryl methyl sites for hydroxylation is 2. The van der Waals surface area contributed by atoms with Gasteiger partial charge in [-0.25, -0.2) is 4.79 Å². The first-order valence-corrected chi connectivity index (χ1v) is 8.27. The Hall–Kier alpha value is -2.02. The summed E-state index contributed by atoms with van der Waals surface area (Å²) in [6.07, 6.45) is 2.90. The van der Waals surface area contributed by atoms with E-state index in [2.05, 4.69) is 5.10 Å². The van der Waals surface area contributed by atoms with Crippen molar-refractivity contribution in [2.75, 3.05) is 6.79 Å². The maximum atomic E-state index is 12.0. The Kier molecular flexibility index (Phi) is 5.32. The van der Waals surface area contributed by atoms with Crippen molar-refractivity contribution in [3.63, 3.8) is 0 Å². The first-order valence-electron chi connectivity index (χ1n) is 7.51. The van der Waals surface area contributed by atoms with Crippen LogP contribution in [0.2, 0.25) is 10.2 Å². The molecular weight excluding hydrogens is 367 g/mol. The second kappa shape index (κ2) is 7.47. The minimum absolute atomic E-state index is 0.0474. The van der Waals surface area contributed by atoms with Crippen LogP contribution in [0.25, 0.3) is 6.08 Å². The van der Waals surface area contributed by atoms with Crippen molar-refractivity contribution in [3.8, 4) is 5.75 Å². The van der Waals surface area contributed by atoms with Crippen LogP contribution in [0.15, 0.2) is 18.2 Å². The lowest BCUT2D eigenvalue weighted by Crippen LogP contribution is -2.14. The second-order valence-electron chi connectivity index (χ2n) is 5.52. The number of hydrogen-bond donors (Lipinski definition) is 0.